The molecule has 0 fully saturated rings. The van der Waals surface area contributed by atoms with Gasteiger partial charge in [-0.25, -0.2) is 10.0 Å². The molecule has 0 atom stereocenters. The summed E-state index contributed by atoms with van der Waals surface area (Å²) in [4.78, 5) is 26.9. The van der Waals surface area contributed by atoms with Gasteiger partial charge in [0.05, 0.1) is 0 Å². The van der Waals surface area contributed by atoms with Crippen LogP contribution < -0.4 is 0 Å². The van der Waals surface area contributed by atoms with Gasteiger partial charge in [-0.2, -0.15) is 0 Å². The lowest BCUT2D eigenvalue weighted by Crippen LogP contribution is -2.50. The van der Waals surface area contributed by atoms with Gasteiger partial charge in [-0.3, -0.25) is 9.59 Å². The van der Waals surface area contributed by atoms with Crippen LogP contribution in [0.3, 0.4) is 0 Å². The minimum absolute atomic E-state index is 0.0904. The molecule has 6 nitrogen and oxygen atoms in total. The minimum Gasteiger partial charge on any atom is -0.508 e. The summed E-state index contributed by atoms with van der Waals surface area (Å²) in [6.45, 7) is 5.15. The van der Waals surface area contributed by atoms with Crippen molar-refractivity contribution in [3.05, 3.63) is 59.7 Å². The van der Waals surface area contributed by atoms with Crippen LogP contribution in [0.4, 0.5) is 0 Å². The molecule has 0 saturated carbocycles. The van der Waals surface area contributed by atoms with Crippen LogP contribution in [0, 0.1) is 0 Å². The Morgan fingerprint density at radius 1 is 0.594 bits per heavy atom. The number of carbonyl (C=O) groups is 2. The quantitative estimate of drug-likeness (QED) is 0.325. The Morgan fingerprint density at radius 3 is 1.25 bits per heavy atom. The van der Waals surface area contributed by atoms with E-state index in [0.717, 1.165) is 51.4 Å². The van der Waals surface area contributed by atoms with Crippen LogP contribution in [0.25, 0.3) is 0 Å². The highest BCUT2D eigenvalue weighted by atomic mass is 16.3. The lowest BCUT2D eigenvalue weighted by molar-refractivity contribution is -0.00512. The number of rotatable bonds is 12. The van der Waals surface area contributed by atoms with E-state index in [1.165, 1.54) is 24.3 Å². The first-order chi connectivity index (χ1) is 15.5. The van der Waals surface area contributed by atoms with Crippen LogP contribution in [0.5, 0.6) is 11.5 Å². The highest BCUT2D eigenvalue weighted by molar-refractivity contribution is 5.99. The molecule has 2 N–H and O–H groups in total. The molecule has 0 spiro atoms. The highest BCUT2D eigenvalue weighted by Gasteiger charge is 2.27. The number of benzene rings is 2. The Kier molecular flexibility index (Phi) is 10.6. The Labute approximate surface area is 191 Å². The molecule has 2 aromatic rings. The molecule has 2 aromatic carbocycles. The number of hydrogen-bond acceptors (Lipinski definition) is 4. The van der Waals surface area contributed by atoms with Crippen molar-refractivity contribution in [2.75, 3.05) is 13.1 Å². The number of hydrogen-bond donors (Lipinski definition) is 2. The van der Waals surface area contributed by atoms with Crippen LogP contribution in [0.15, 0.2) is 48.5 Å². The fourth-order valence-corrected chi connectivity index (χ4v) is 3.55. The van der Waals surface area contributed by atoms with Gasteiger partial charge in [0.1, 0.15) is 11.5 Å². The van der Waals surface area contributed by atoms with Crippen molar-refractivity contribution in [2.24, 2.45) is 0 Å². The van der Waals surface area contributed by atoms with Gasteiger partial charge in [0.15, 0.2) is 0 Å². The molecule has 6 heteroatoms. The minimum atomic E-state index is -0.260. The molecule has 2 amide bonds. The average Bonchev–Trinajstić information content (AvgIpc) is 2.80. The first-order valence-electron chi connectivity index (χ1n) is 11.7. The van der Waals surface area contributed by atoms with Gasteiger partial charge in [-0.1, -0.05) is 52.4 Å². The smallest absolute Gasteiger partial charge is 0.272 e. The molecule has 0 heterocycles. The monoisotopic (exact) mass is 440 g/mol. The third-order valence-electron chi connectivity index (χ3n) is 5.44. The summed E-state index contributed by atoms with van der Waals surface area (Å²) in [5.41, 5.74) is 0.853. The number of hydrazine groups is 1. The summed E-state index contributed by atoms with van der Waals surface area (Å²) >= 11 is 0. The standard InChI is InChI=1S/C26H36N2O4/c1-3-5-7-9-19-27(25(31)21-11-15-23(29)16-12-21)28(20-10-8-6-4-2)26(32)22-13-17-24(30)18-14-22/h11-18,29-30H,3-10,19-20H2,1-2H3. The number of nitrogens with zero attached hydrogens (tertiary/aromatic N) is 2. The predicted molar refractivity (Wildman–Crippen MR) is 127 cm³/mol. The third-order valence-corrected chi connectivity index (χ3v) is 5.44. The Hall–Kier alpha value is -3.02. The van der Waals surface area contributed by atoms with E-state index in [0.29, 0.717) is 24.2 Å². The van der Waals surface area contributed by atoms with Gasteiger partial charge in [0.2, 0.25) is 0 Å². The van der Waals surface area contributed by atoms with Crippen molar-refractivity contribution in [1.82, 2.24) is 10.0 Å². The van der Waals surface area contributed by atoms with E-state index in [-0.39, 0.29) is 23.3 Å². The highest BCUT2D eigenvalue weighted by Crippen LogP contribution is 2.19. The van der Waals surface area contributed by atoms with Crippen molar-refractivity contribution in [2.45, 2.75) is 65.2 Å². The Morgan fingerprint density at radius 2 is 0.938 bits per heavy atom. The van der Waals surface area contributed by atoms with Gasteiger partial charge in [0, 0.05) is 24.2 Å². The summed E-state index contributed by atoms with van der Waals surface area (Å²) in [5, 5.41) is 22.3. The van der Waals surface area contributed by atoms with Crippen LogP contribution in [-0.2, 0) is 0 Å². The fraction of sp³-hybridized carbons (Fsp3) is 0.462. The van der Waals surface area contributed by atoms with Crippen molar-refractivity contribution >= 4 is 11.8 Å². The van der Waals surface area contributed by atoms with E-state index in [1.807, 2.05) is 0 Å². The molecule has 0 aromatic heterocycles. The van der Waals surface area contributed by atoms with Crippen LogP contribution in [-0.4, -0.2) is 45.1 Å². The second-order valence-corrected chi connectivity index (χ2v) is 8.07. The largest absolute Gasteiger partial charge is 0.508 e. The van der Waals surface area contributed by atoms with Gasteiger partial charge >= 0.3 is 0 Å². The zero-order valence-electron chi connectivity index (χ0n) is 19.3. The molecule has 0 unspecified atom stereocenters. The maximum absolute atomic E-state index is 13.5. The summed E-state index contributed by atoms with van der Waals surface area (Å²) in [6.07, 6.45) is 7.86. The summed E-state index contributed by atoms with van der Waals surface area (Å²) in [6, 6.07) is 12.2. The first-order valence-corrected chi connectivity index (χ1v) is 11.7. The molecule has 32 heavy (non-hydrogen) atoms. The molecular formula is C26H36N2O4. The number of unbranched alkanes of at least 4 members (excludes halogenated alkanes) is 6. The first kappa shape index (κ1) is 25.2. The second-order valence-electron chi connectivity index (χ2n) is 8.07. The second kappa shape index (κ2) is 13.4. The predicted octanol–water partition coefficient (Wildman–Crippen LogP) is 5.76. The van der Waals surface area contributed by atoms with Crippen molar-refractivity contribution in [3.63, 3.8) is 0 Å². The number of aromatic hydroxyl groups is 2. The molecule has 0 aliphatic heterocycles. The normalized spacial score (nSPS) is 10.7. The number of carbonyl (C=O) groups excluding carboxylic acids is 2. The third kappa shape index (κ3) is 7.59. The van der Waals surface area contributed by atoms with E-state index in [9.17, 15) is 19.8 Å². The SMILES string of the molecule is CCCCCCN(C(=O)c1ccc(O)cc1)N(CCCCCC)C(=O)c1ccc(O)cc1. The van der Waals surface area contributed by atoms with Crippen LogP contribution >= 0.6 is 0 Å². The fourth-order valence-electron chi connectivity index (χ4n) is 3.55. The van der Waals surface area contributed by atoms with Crippen LogP contribution in [0.1, 0.15) is 85.9 Å². The van der Waals surface area contributed by atoms with Gasteiger partial charge in [-0.15, -0.1) is 0 Å². The Balaban J connectivity index is 2.33. The van der Waals surface area contributed by atoms with Crippen molar-refractivity contribution in [3.8, 4) is 11.5 Å². The Bertz CT molecular complexity index is 762. The number of phenolic OH excluding ortho intramolecular Hbond substituents is 2. The molecule has 0 radical (unpaired) electrons. The van der Waals surface area contributed by atoms with E-state index in [2.05, 4.69) is 13.8 Å². The lowest BCUT2D eigenvalue weighted by atomic mass is 10.1. The molecule has 174 valence electrons. The summed E-state index contributed by atoms with van der Waals surface area (Å²) < 4.78 is 0. The zero-order chi connectivity index (χ0) is 23.3. The summed E-state index contributed by atoms with van der Waals surface area (Å²) in [5.74, 6) is -0.339. The topological polar surface area (TPSA) is 81.1 Å². The van der Waals surface area contributed by atoms with Gasteiger partial charge in [-0.05, 0) is 61.4 Å². The number of phenols is 2. The van der Waals surface area contributed by atoms with Crippen LogP contribution in [0.2, 0.25) is 0 Å². The molecular weight excluding hydrogens is 404 g/mol. The maximum atomic E-state index is 13.5. The average molecular weight is 441 g/mol. The molecule has 2 rings (SSSR count). The summed E-state index contributed by atoms with van der Waals surface area (Å²) in [7, 11) is 0. The molecule has 0 saturated heterocycles. The molecule has 0 aliphatic carbocycles. The van der Waals surface area contributed by atoms with Crippen molar-refractivity contribution in [1.29, 1.82) is 0 Å². The maximum Gasteiger partial charge on any atom is 0.272 e. The molecule has 0 bridgehead atoms. The van der Waals surface area contributed by atoms with E-state index < -0.39 is 0 Å². The lowest BCUT2D eigenvalue weighted by Gasteiger charge is -2.35. The van der Waals surface area contributed by atoms with E-state index >= 15 is 0 Å². The van der Waals surface area contributed by atoms with Crippen molar-refractivity contribution < 1.29 is 19.8 Å². The number of amides is 2. The zero-order valence-corrected chi connectivity index (χ0v) is 19.3. The van der Waals surface area contributed by atoms with E-state index in [1.54, 1.807) is 34.3 Å². The van der Waals surface area contributed by atoms with Gasteiger partial charge < -0.3 is 10.2 Å². The molecule has 0 aliphatic rings. The van der Waals surface area contributed by atoms with Gasteiger partial charge in [0.25, 0.3) is 11.8 Å². The van der Waals surface area contributed by atoms with E-state index in [4.69, 9.17) is 0 Å².